The van der Waals surface area contributed by atoms with Crippen molar-refractivity contribution in [1.82, 2.24) is 15.1 Å². The first-order valence-electron chi connectivity index (χ1n) is 9.91. The van der Waals surface area contributed by atoms with E-state index in [1.54, 1.807) is 0 Å². The molecule has 0 radical (unpaired) electrons. The minimum absolute atomic E-state index is 0.387. The lowest BCUT2D eigenvalue weighted by molar-refractivity contribution is -0.181. The zero-order valence-electron chi connectivity index (χ0n) is 16.4. The number of hydrogen-bond donors (Lipinski definition) is 1. The first kappa shape index (κ1) is 22.2. The number of nitrogens with one attached hydrogen (secondary N) is 1. The first-order chi connectivity index (χ1) is 12.9. The number of halogens is 3. The third-order valence-corrected chi connectivity index (χ3v) is 5.06. The molecule has 0 aromatic heterocycles. The van der Waals surface area contributed by atoms with Crippen LogP contribution in [-0.2, 0) is 9.47 Å². The van der Waals surface area contributed by atoms with Crippen LogP contribution in [-0.4, -0.2) is 93.7 Å². The summed E-state index contributed by atoms with van der Waals surface area (Å²) in [6.07, 6.45) is -2.28. The molecule has 2 aliphatic heterocycles. The number of hydrogen-bond acceptors (Lipinski definition) is 4. The Kier molecular flexibility index (Phi) is 9.11. The summed E-state index contributed by atoms with van der Waals surface area (Å²) in [5.41, 5.74) is 0. The molecule has 1 N–H and O–H groups in total. The van der Waals surface area contributed by atoms with Crippen LogP contribution in [0.25, 0.3) is 0 Å². The number of piperazine rings is 1. The van der Waals surface area contributed by atoms with Crippen LogP contribution in [0, 0.1) is 5.92 Å². The van der Waals surface area contributed by atoms with Crippen molar-refractivity contribution in [3.8, 4) is 0 Å². The number of nitrogens with zero attached hydrogens (tertiary/aromatic N) is 3. The van der Waals surface area contributed by atoms with Crippen LogP contribution >= 0.6 is 0 Å². The summed E-state index contributed by atoms with van der Waals surface area (Å²) in [7, 11) is 0. The van der Waals surface area contributed by atoms with Gasteiger partial charge < -0.3 is 19.7 Å². The van der Waals surface area contributed by atoms with Gasteiger partial charge in [0, 0.05) is 58.4 Å². The van der Waals surface area contributed by atoms with Crippen LogP contribution in [0.1, 0.15) is 26.7 Å². The molecule has 158 valence electrons. The molecule has 6 nitrogen and oxygen atoms in total. The summed E-state index contributed by atoms with van der Waals surface area (Å²) < 4.78 is 49.6. The average Bonchev–Trinajstić information content (AvgIpc) is 3.16. The Morgan fingerprint density at radius 2 is 2.04 bits per heavy atom. The molecule has 0 aromatic rings. The summed E-state index contributed by atoms with van der Waals surface area (Å²) in [5, 5.41) is 3.24. The van der Waals surface area contributed by atoms with Gasteiger partial charge in [-0.25, -0.2) is 0 Å². The highest BCUT2D eigenvalue weighted by Gasteiger charge is 2.41. The Morgan fingerprint density at radius 3 is 2.63 bits per heavy atom. The van der Waals surface area contributed by atoms with Crippen molar-refractivity contribution in [3.63, 3.8) is 0 Å². The van der Waals surface area contributed by atoms with E-state index in [0.29, 0.717) is 45.2 Å². The SMILES string of the molecule is CCNC(=NCCCOCC1CCOC1)N1CCN(C(C)C(F)(F)F)CC1. The largest absolute Gasteiger partial charge is 0.403 e. The highest BCUT2D eigenvalue weighted by atomic mass is 19.4. The Labute approximate surface area is 160 Å². The molecule has 2 rings (SSSR count). The highest BCUT2D eigenvalue weighted by molar-refractivity contribution is 5.80. The van der Waals surface area contributed by atoms with E-state index in [9.17, 15) is 13.2 Å². The van der Waals surface area contributed by atoms with Gasteiger partial charge in [0.1, 0.15) is 6.04 Å². The quantitative estimate of drug-likeness (QED) is 0.388. The van der Waals surface area contributed by atoms with Crippen LogP contribution < -0.4 is 5.32 Å². The van der Waals surface area contributed by atoms with Crippen LogP contribution in [0.5, 0.6) is 0 Å². The second kappa shape index (κ2) is 11.1. The minimum Gasteiger partial charge on any atom is -0.381 e. The van der Waals surface area contributed by atoms with E-state index in [1.807, 2.05) is 11.8 Å². The standard InChI is InChI=1S/C18H33F3N4O2/c1-3-22-17(23-6-4-11-26-13-16-5-12-27-14-16)25-9-7-24(8-10-25)15(2)18(19,20)21/h15-16H,3-14H2,1-2H3,(H,22,23). The average molecular weight is 394 g/mol. The molecule has 2 saturated heterocycles. The first-order valence-corrected chi connectivity index (χ1v) is 9.91. The van der Waals surface area contributed by atoms with Gasteiger partial charge in [-0.15, -0.1) is 0 Å². The van der Waals surface area contributed by atoms with Crippen molar-refractivity contribution < 1.29 is 22.6 Å². The van der Waals surface area contributed by atoms with Crippen molar-refractivity contribution in [2.24, 2.45) is 10.9 Å². The van der Waals surface area contributed by atoms with Gasteiger partial charge in [-0.05, 0) is 26.7 Å². The molecule has 2 atom stereocenters. The monoisotopic (exact) mass is 394 g/mol. The minimum atomic E-state index is -4.18. The summed E-state index contributed by atoms with van der Waals surface area (Å²) in [4.78, 5) is 8.14. The van der Waals surface area contributed by atoms with Crippen LogP contribution in [0.2, 0.25) is 0 Å². The number of rotatable bonds is 8. The summed E-state index contributed by atoms with van der Waals surface area (Å²) >= 11 is 0. The molecule has 2 aliphatic rings. The van der Waals surface area contributed by atoms with Crippen molar-refractivity contribution >= 4 is 5.96 Å². The van der Waals surface area contributed by atoms with E-state index in [2.05, 4.69) is 10.3 Å². The molecule has 2 unspecified atom stereocenters. The third-order valence-electron chi connectivity index (χ3n) is 5.06. The van der Waals surface area contributed by atoms with Crippen molar-refractivity contribution in [2.75, 3.05) is 65.7 Å². The molecule has 27 heavy (non-hydrogen) atoms. The molecule has 9 heteroatoms. The van der Waals surface area contributed by atoms with E-state index < -0.39 is 12.2 Å². The second-order valence-electron chi connectivity index (χ2n) is 7.13. The van der Waals surface area contributed by atoms with E-state index >= 15 is 0 Å². The van der Waals surface area contributed by atoms with E-state index in [-0.39, 0.29) is 0 Å². The fourth-order valence-corrected chi connectivity index (χ4v) is 3.27. The second-order valence-corrected chi connectivity index (χ2v) is 7.13. The van der Waals surface area contributed by atoms with E-state index in [1.165, 1.54) is 11.8 Å². The highest BCUT2D eigenvalue weighted by Crippen LogP contribution is 2.25. The summed E-state index contributed by atoms with van der Waals surface area (Å²) in [6.45, 7) is 9.49. The Bertz CT molecular complexity index is 448. The van der Waals surface area contributed by atoms with Crippen molar-refractivity contribution in [2.45, 2.75) is 38.9 Å². The van der Waals surface area contributed by atoms with E-state index in [0.717, 1.165) is 45.2 Å². The number of aliphatic imine (C=N–C) groups is 1. The molecule has 0 saturated carbocycles. The Hall–Kier alpha value is -1.06. The summed E-state index contributed by atoms with van der Waals surface area (Å²) in [5.74, 6) is 1.29. The van der Waals surface area contributed by atoms with Gasteiger partial charge in [0.15, 0.2) is 5.96 Å². The molecule has 0 spiro atoms. The zero-order chi connectivity index (χ0) is 19.7. The fraction of sp³-hybridized carbons (Fsp3) is 0.944. The number of guanidine groups is 1. The lowest BCUT2D eigenvalue weighted by Crippen LogP contribution is -2.56. The smallest absolute Gasteiger partial charge is 0.381 e. The van der Waals surface area contributed by atoms with Gasteiger partial charge in [-0.1, -0.05) is 0 Å². The predicted octanol–water partition coefficient (Wildman–Crippen LogP) is 1.96. The predicted molar refractivity (Wildman–Crippen MR) is 99.0 cm³/mol. The molecule has 0 bridgehead atoms. The lowest BCUT2D eigenvalue weighted by atomic mass is 10.1. The lowest BCUT2D eigenvalue weighted by Gasteiger charge is -2.39. The Balaban J connectivity index is 1.70. The van der Waals surface area contributed by atoms with Gasteiger partial charge in [-0.3, -0.25) is 9.89 Å². The number of alkyl halides is 3. The number of ether oxygens (including phenoxy) is 2. The van der Waals surface area contributed by atoms with Crippen LogP contribution in [0.3, 0.4) is 0 Å². The van der Waals surface area contributed by atoms with Crippen molar-refractivity contribution in [1.29, 1.82) is 0 Å². The molecule has 2 fully saturated rings. The van der Waals surface area contributed by atoms with Gasteiger partial charge in [0.2, 0.25) is 0 Å². The van der Waals surface area contributed by atoms with Crippen molar-refractivity contribution in [3.05, 3.63) is 0 Å². The molecular weight excluding hydrogens is 361 g/mol. The normalized spacial score (nSPS) is 23.7. The van der Waals surface area contributed by atoms with Gasteiger partial charge in [0.05, 0.1) is 13.2 Å². The van der Waals surface area contributed by atoms with Crippen LogP contribution in [0.4, 0.5) is 13.2 Å². The molecular formula is C18H33F3N4O2. The van der Waals surface area contributed by atoms with E-state index in [4.69, 9.17) is 9.47 Å². The topological polar surface area (TPSA) is 49.3 Å². The summed E-state index contributed by atoms with van der Waals surface area (Å²) in [6, 6.07) is -1.40. The maximum absolute atomic E-state index is 12.9. The molecule has 2 heterocycles. The Morgan fingerprint density at radius 1 is 1.30 bits per heavy atom. The van der Waals surface area contributed by atoms with Gasteiger partial charge in [0.25, 0.3) is 0 Å². The maximum Gasteiger partial charge on any atom is 0.403 e. The zero-order valence-corrected chi connectivity index (χ0v) is 16.4. The molecule has 0 amide bonds. The maximum atomic E-state index is 12.9. The van der Waals surface area contributed by atoms with Gasteiger partial charge in [-0.2, -0.15) is 13.2 Å². The molecule has 0 aromatic carbocycles. The fourth-order valence-electron chi connectivity index (χ4n) is 3.27. The third kappa shape index (κ3) is 7.46. The van der Waals surface area contributed by atoms with Gasteiger partial charge >= 0.3 is 6.18 Å². The molecule has 0 aliphatic carbocycles. The van der Waals surface area contributed by atoms with Crippen LogP contribution in [0.15, 0.2) is 4.99 Å².